The van der Waals surface area contributed by atoms with Crippen molar-refractivity contribution in [1.82, 2.24) is 5.32 Å². The van der Waals surface area contributed by atoms with Crippen LogP contribution in [0, 0.1) is 0 Å². The summed E-state index contributed by atoms with van der Waals surface area (Å²) in [7, 11) is 1.61. The lowest BCUT2D eigenvalue weighted by atomic mass is 9.82. The first kappa shape index (κ1) is 19.7. The van der Waals surface area contributed by atoms with Gasteiger partial charge in [-0.15, -0.1) is 0 Å². The normalized spacial score (nSPS) is 17.9. The van der Waals surface area contributed by atoms with Crippen LogP contribution in [0.25, 0.3) is 0 Å². The van der Waals surface area contributed by atoms with Crippen LogP contribution >= 0.6 is 0 Å². The van der Waals surface area contributed by atoms with Gasteiger partial charge in [-0.05, 0) is 48.4 Å². The van der Waals surface area contributed by atoms with Crippen LogP contribution in [0.3, 0.4) is 0 Å². The molecule has 1 aliphatic rings. The summed E-state index contributed by atoms with van der Waals surface area (Å²) in [6, 6.07) is 24.4. The SMILES string of the molecule is COc1cccc(CNC(=O)[C@@]2(C)Cc3ccccc3C(=O)N2c2ccccc2)c1. The standard InChI is InChI=1S/C25H24N2O3/c1-25(24(29)26-17-18-9-8-13-21(15-18)30-2)16-19-10-6-7-14-22(19)23(28)27(25)20-11-4-3-5-12-20/h3-15H,16-17H2,1-2H3,(H,26,29)/t25-/m1/s1. The van der Waals surface area contributed by atoms with Crippen molar-refractivity contribution in [3.8, 4) is 5.75 Å². The number of rotatable bonds is 5. The fourth-order valence-electron chi connectivity index (χ4n) is 3.99. The summed E-state index contributed by atoms with van der Waals surface area (Å²) in [5.74, 6) is 0.375. The number of benzene rings is 3. The van der Waals surface area contributed by atoms with E-state index in [4.69, 9.17) is 4.74 Å². The van der Waals surface area contributed by atoms with Gasteiger partial charge < -0.3 is 10.1 Å². The molecule has 152 valence electrons. The lowest BCUT2D eigenvalue weighted by Gasteiger charge is -2.44. The highest BCUT2D eigenvalue weighted by molar-refractivity contribution is 6.14. The summed E-state index contributed by atoms with van der Waals surface area (Å²) in [5, 5.41) is 3.02. The van der Waals surface area contributed by atoms with Crippen LogP contribution in [0.2, 0.25) is 0 Å². The summed E-state index contributed by atoms with van der Waals surface area (Å²) < 4.78 is 5.26. The van der Waals surface area contributed by atoms with E-state index in [-0.39, 0.29) is 11.8 Å². The fourth-order valence-corrected chi connectivity index (χ4v) is 3.99. The van der Waals surface area contributed by atoms with E-state index in [9.17, 15) is 9.59 Å². The summed E-state index contributed by atoms with van der Waals surface area (Å²) in [6.45, 7) is 2.18. The van der Waals surface area contributed by atoms with Gasteiger partial charge in [-0.2, -0.15) is 0 Å². The predicted octanol–water partition coefficient (Wildman–Crippen LogP) is 3.97. The number of methoxy groups -OCH3 is 1. The van der Waals surface area contributed by atoms with Crippen LogP contribution in [-0.2, 0) is 17.8 Å². The number of fused-ring (bicyclic) bond motifs is 1. The van der Waals surface area contributed by atoms with Gasteiger partial charge in [0.2, 0.25) is 5.91 Å². The van der Waals surface area contributed by atoms with Crippen molar-refractivity contribution in [2.75, 3.05) is 12.0 Å². The molecule has 1 atom stereocenters. The van der Waals surface area contributed by atoms with Gasteiger partial charge >= 0.3 is 0 Å². The number of hydrogen-bond acceptors (Lipinski definition) is 3. The van der Waals surface area contributed by atoms with Crippen LogP contribution in [-0.4, -0.2) is 24.5 Å². The van der Waals surface area contributed by atoms with E-state index in [0.29, 0.717) is 24.2 Å². The number of nitrogens with one attached hydrogen (secondary N) is 1. The Labute approximate surface area is 176 Å². The van der Waals surface area contributed by atoms with Crippen molar-refractivity contribution in [3.05, 3.63) is 95.6 Å². The molecule has 0 unspecified atom stereocenters. The number of para-hydroxylation sites is 1. The average Bonchev–Trinajstić information content (AvgIpc) is 2.78. The molecule has 0 fully saturated rings. The van der Waals surface area contributed by atoms with E-state index in [0.717, 1.165) is 16.9 Å². The van der Waals surface area contributed by atoms with Gasteiger partial charge in [-0.3, -0.25) is 14.5 Å². The van der Waals surface area contributed by atoms with Crippen molar-refractivity contribution >= 4 is 17.5 Å². The highest BCUT2D eigenvalue weighted by Crippen LogP contribution is 2.35. The van der Waals surface area contributed by atoms with Crippen molar-refractivity contribution < 1.29 is 14.3 Å². The van der Waals surface area contributed by atoms with Gasteiger partial charge in [0.05, 0.1) is 7.11 Å². The maximum absolute atomic E-state index is 13.5. The Morgan fingerprint density at radius 2 is 1.77 bits per heavy atom. The second kappa shape index (κ2) is 8.03. The van der Waals surface area contributed by atoms with E-state index < -0.39 is 5.54 Å². The molecule has 5 heteroatoms. The molecule has 1 aliphatic heterocycles. The first-order valence-electron chi connectivity index (χ1n) is 9.92. The minimum Gasteiger partial charge on any atom is -0.497 e. The van der Waals surface area contributed by atoms with E-state index in [1.54, 1.807) is 12.0 Å². The van der Waals surface area contributed by atoms with E-state index in [1.165, 1.54) is 0 Å². The van der Waals surface area contributed by atoms with Crippen LogP contribution in [0.1, 0.15) is 28.4 Å². The molecule has 0 aliphatic carbocycles. The Morgan fingerprint density at radius 1 is 1.03 bits per heavy atom. The molecule has 1 N–H and O–H groups in total. The first-order valence-corrected chi connectivity index (χ1v) is 9.92. The summed E-state index contributed by atoms with van der Waals surface area (Å²) in [6.07, 6.45) is 0.438. The molecule has 3 aromatic carbocycles. The second-order valence-electron chi connectivity index (χ2n) is 7.62. The molecule has 0 saturated heterocycles. The van der Waals surface area contributed by atoms with E-state index in [1.807, 2.05) is 85.8 Å². The van der Waals surface area contributed by atoms with Gasteiger partial charge in [-0.25, -0.2) is 0 Å². The lowest BCUT2D eigenvalue weighted by molar-refractivity contribution is -0.126. The lowest BCUT2D eigenvalue weighted by Crippen LogP contribution is -2.63. The molecule has 0 bridgehead atoms. The first-order chi connectivity index (χ1) is 14.5. The summed E-state index contributed by atoms with van der Waals surface area (Å²) >= 11 is 0. The number of carbonyl (C=O) groups is 2. The van der Waals surface area contributed by atoms with Crippen molar-refractivity contribution in [2.24, 2.45) is 0 Å². The summed E-state index contributed by atoms with van der Waals surface area (Å²) in [4.78, 5) is 28.5. The molecule has 0 radical (unpaired) electrons. The predicted molar refractivity (Wildman–Crippen MR) is 117 cm³/mol. The smallest absolute Gasteiger partial charge is 0.259 e. The van der Waals surface area contributed by atoms with Crippen LogP contribution in [0.15, 0.2) is 78.9 Å². The monoisotopic (exact) mass is 400 g/mol. The molecule has 1 heterocycles. The Kier molecular flexibility index (Phi) is 5.27. The zero-order valence-electron chi connectivity index (χ0n) is 17.1. The second-order valence-corrected chi connectivity index (χ2v) is 7.62. The molecular weight excluding hydrogens is 376 g/mol. The Balaban J connectivity index is 1.67. The van der Waals surface area contributed by atoms with E-state index >= 15 is 0 Å². The zero-order chi connectivity index (χ0) is 21.1. The van der Waals surface area contributed by atoms with Crippen molar-refractivity contribution in [1.29, 1.82) is 0 Å². The number of anilines is 1. The Morgan fingerprint density at radius 3 is 2.53 bits per heavy atom. The van der Waals surface area contributed by atoms with Crippen LogP contribution in [0.5, 0.6) is 5.75 Å². The minimum atomic E-state index is -1.05. The number of carbonyl (C=O) groups excluding carboxylic acids is 2. The van der Waals surface area contributed by atoms with E-state index in [2.05, 4.69) is 5.32 Å². The van der Waals surface area contributed by atoms with Gasteiger partial charge in [0.1, 0.15) is 11.3 Å². The summed E-state index contributed by atoms with van der Waals surface area (Å²) in [5.41, 5.74) is 2.11. The zero-order valence-corrected chi connectivity index (χ0v) is 17.1. The average molecular weight is 400 g/mol. The number of nitrogens with zero attached hydrogens (tertiary/aromatic N) is 1. The third kappa shape index (κ3) is 3.54. The van der Waals surface area contributed by atoms with Gasteiger partial charge in [0, 0.05) is 24.2 Å². The fraction of sp³-hybridized carbons (Fsp3) is 0.200. The van der Waals surface area contributed by atoms with Gasteiger partial charge in [-0.1, -0.05) is 48.5 Å². The molecular formula is C25H24N2O3. The number of amides is 2. The molecule has 3 aromatic rings. The third-order valence-electron chi connectivity index (χ3n) is 5.57. The van der Waals surface area contributed by atoms with Crippen molar-refractivity contribution in [3.63, 3.8) is 0 Å². The molecule has 4 rings (SSSR count). The quantitative estimate of drug-likeness (QED) is 0.705. The Bertz CT molecular complexity index is 1080. The molecule has 0 saturated carbocycles. The number of ether oxygens (including phenoxy) is 1. The third-order valence-corrected chi connectivity index (χ3v) is 5.57. The highest BCUT2D eigenvalue weighted by atomic mass is 16.5. The van der Waals surface area contributed by atoms with Crippen molar-refractivity contribution in [2.45, 2.75) is 25.4 Å². The molecule has 5 nitrogen and oxygen atoms in total. The maximum Gasteiger partial charge on any atom is 0.259 e. The van der Waals surface area contributed by atoms with Gasteiger partial charge in [0.15, 0.2) is 0 Å². The Hall–Kier alpha value is -3.60. The van der Waals surface area contributed by atoms with Gasteiger partial charge in [0.25, 0.3) is 5.91 Å². The maximum atomic E-state index is 13.5. The number of hydrogen-bond donors (Lipinski definition) is 1. The van der Waals surface area contributed by atoms with Crippen LogP contribution in [0.4, 0.5) is 5.69 Å². The van der Waals surface area contributed by atoms with Crippen LogP contribution < -0.4 is 15.0 Å². The molecule has 0 aromatic heterocycles. The molecule has 0 spiro atoms. The highest BCUT2D eigenvalue weighted by Gasteiger charge is 2.47. The molecule has 30 heavy (non-hydrogen) atoms. The molecule has 2 amide bonds. The topological polar surface area (TPSA) is 58.6 Å². The largest absolute Gasteiger partial charge is 0.497 e. The minimum absolute atomic E-state index is 0.165.